The van der Waals surface area contributed by atoms with E-state index < -0.39 is 24.4 Å². The van der Waals surface area contributed by atoms with Gasteiger partial charge in [-0.3, -0.25) is 14.5 Å². The number of nitrogens with one attached hydrogen (secondary N) is 1. The Morgan fingerprint density at radius 2 is 2.06 bits per heavy atom. The van der Waals surface area contributed by atoms with Crippen molar-refractivity contribution in [2.24, 2.45) is 0 Å². The van der Waals surface area contributed by atoms with Crippen molar-refractivity contribution in [2.45, 2.75) is 51.2 Å². The number of hydrogen-bond acceptors (Lipinski definition) is 8. The molecule has 2 fully saturated rings. The summed E-state index contributed by atoms with van der Waals surface area (Å²) in [6.07, 6.45) is -1.39. The fraction of sp³-hybridized carbons (Fsp3) is 0.522. The molecule has 3 N–H and O–H groups in total. The van der Waals surface area contributed by atoms with Crippen LogP contribution in [0.2, 0.25) is 0 Å². The second-order valence-electron chi connectivity index (χ2n) is 8.54. The summed E-state index contributed by atoms with van der Waals surface area (Å²) in [4.78, 5) is 34.7. The van der Waals surface area contributed by atoms with Gasteiger partial charge in [-0.25, -0.2) is 4.98 Å². The average Bonchev–Trinajstić information content (AvgIpc) is 3.42. The number of carbonyl (C=O) groups excluding carboxylic acids is 2. The number of thiazole rings is 1. The van der Waals surface area contributed by atoms with Crippen LogP contribution in [0.15, 0.2) is 29.8 Å². The predicted octanol–water partition coefficient (Wildman–Crippen LogP) is 0.736. The fourth-order valence-electron chi connectivity index (χ4n) is 4.43. The number of amides is 2. The van der Waals surface area contributed by atoms with Gasteiger partial charge in [-0.05, 0) is 25.0 Å². The Bertz CT molecular complexity index is 979. The summed E-state index contributed by atoms with van der Waals surface area (Å²) in [7, 11) is 0. The number of hydrogen-bond donors (Lipinski definition) is 3. The molecule has 1 aromatic carbocycles. The molecule has 2 saturated heterocycles. The zero-order valence-electron chi connectivity index (χ0n) is 18.8. The Hall–Kier alpha value is -2.37. The minimum Gasteiger partial charge on any atom is -0.391 e. The number of likely N-dealkylation sites (tertiary alicyclic amines) is 1. The second kappa shape index (κ2) is 10.3. The Kier molecular flexibility index (Phi) is 7.40. The molecule has 2 amide bonds. The van der Waals surface area contributed by atoms with Crippen LogP contribution in [-0.2, 0) is 20.9 Å². The summed E-state index contributed by atoms with van der Waals surface area (Å²) in [5.74, 6) is -0.612. The van der Waals surface area contributed by atoms with Crippen molar-refractivity contribution >= 4 is 23.2 Å². The lowest BCUT2D eigenvalue weighted by molar-refractivity contribution is -0.155. The summed E-state index contributed by atoms with van der Waals surface area (Å²) in [5.41, 5.74) is 4.83. The van der Waals surface area contributed by atoms with Crippen LogP contribution >= 0.6 is 11.3 Å². The molecule has 0 spiro atoms. The normalized spacial score (nSPS) is 24.6. The van der Waals surface area contributed by atoms with Gasteiger partial charge in [0.1, 0.15) is 18.3 Å². The largest absolute Gasteiger partial charge is 0.391 e. The van der Waals surface area contributed by atoms with E-state index in [-0.39, 0.29) is 31.4 Å². The van der Waals surface area contributed by atoms with Crippen LogP contribution in [0.4, 0.5) is 0 Å². The molecule has 178 valence electrons. The lowest BCUT2D eigenvalue weighted by Gasteiger charge is -2.39. The van der Waals surface area contributed by atoms with Gasteiger partial charge in [-0.2, -0.15) is 0 Å². The number of morpholine rings is 1. The predicted molar refractivity (Wildman–Crippen MR) is 123 cm³/mol. The van der Waals surface area contributed by atoms with Gasteiger partial charge in [0.15, 0.2) is 0 Å². The number of rotatable bonds is 6. The number of aliphatic hydroxyl groups excluding tert-OH is 2. The standard InChI is InChI=1S/C23H30N4O5S/c1-14-21(33-13-25-14)17-5-3-16(4-6-17)10-24-22(30)19-9-18(29)11-27(19)23(31)20-12-32-8-7-26(20)15(2)28/h3-6,13,15,18-20,28-29H,7-12H2,1-2H3,(H,24,30)/t15?,18-,19+,20+/m1/s1. The maximum Gasteiger partial charge on any atom is 0.243 e. The third-order valence-electron chi connectivity index (χ3n) is 6.23. The molecule has 2 aliphatic heterocycles. The van der Waals surface area contributed by atoms with Crippen LogP contribution < -0.4 is 5.32 Å². The van der Waals surface area contributed by atoms with Crippen LogP contribution in [0.5, 0.6) is 0 Å². The highest BCUT2D eigenvalue weighted by Crippen LogP contribution is 2.27. The number of ether oxygens (including phenoxy) is 1. The number of benzene rings is 1. The van der Waals surface area contributed by atoms with Crippen molar-refractivity contribution in [3.05, 3.63) is 41.0 Å². The summed E-state index contributed by atoms with van der Waals surface area (Å²) in [6.45, 7) is 5.00. The molecule has 3 heterocycles. The minimum absolute atomic E-state index is 0.0873. The van der Waals surface area contributed by atoms with Crippen molar-refractivity contribution in [3.63, 3.8) is 0 Å². The first kappa shape index (κ1) is 23.8. The summed E-state index contributed by atoms with van der Waals surface area (Å²) < 4.78 is 5.45. The summed E-state index contributed by atoms with van der Waals surface area (Å²) in [5, 5.41) is 23.1. The molecule has 2 aliphatic rings. The van der Waals surface area contributed by atoms with Crippen LogP contribution in [0, 0.1) is 6.92 Å². The van der Waals surface area contributed by atoms with Crippen LogP contribution in [0.3, 0.4) is 0 Å². The number of aryl methyl sites for hydroxylation is 1. The number of nitrogens with zero attached hydrogens (tertiary/aromatic N) is 3. The van der Waals surface area contributed by atoms with E-state index in [1.165, 1.54) is 4.90 Å². The van der Waals surface area contributed by atoms with Gasteiger partial charge in [0, 0.05) is 26.1 Å². The molecular formula is C23H30N4O5S. The van der Waals surface area contributed by atoms with E-state index >= 15 is 0 Å². The van der Waals surface area contributed by atoms with Crippen molar-refractivity contribution in [2.75, 3.05) is 26.3 Å². The van der Waals surface area contributed by atoms with E-state index in [4.69, 9.17) is 4.74 Å². The van der Waals surface area contributed by atoms with Gasteiger partial charge in [0.2, 0.25) is 11.8 Å². The van der Waals surface area contributed by atoms with Gasteiger partial charge in [-0.1, -0.05) is 24.3 Å². The van der Waals surface area contributed by atoms with Gasteiger partial charge < -0.3 is 25.2 Å². The van der Waals surface area contributed by atoms with Gasteiger partial charge in [-0.15, -0.1) is 11.3 Å². The third kappa shape index (κ3) is 5.25. The Balaban J connectivity index is 1.39. The van der Waals surface area contributed by atoms with Crippen LogP contribution in [0.25, 0.3) is 10.4 Å². The minimum atomic E-state index is -0.806. The van der Waals surface area contributed by atoms with E-state index in [2.05, 4.69) is 10.3 Å². The maximum atomic E-state index is 13.2. The van der Waals surface area contributed by atoms with Gasteiger partial charge in [0.05, 0.1) is 35.4 Å². The molecule has 0 saturated carbocycles. The van der Waals surface area contributed by atoms with E-state index in [0.29, 0.717) is 19.7 Å². The molecule has 4 rings (SSSR count). The average molecular weight is 475 g/mol. The number of aliphatic hydroxyl groups is 2. The van der Waals surface area contributed by atoms with Crippen molar-refractivity contribution < 1.29 is 24.5 Å². The Labute approximate surface area is 197 Å². The lowest BCUT2D eigenvalue weighted by atomic mass is 10.1. The van der Waals surface area contributed by atoms with Crippen LogP contribution in [0.1, 0.15) is 24.6 Å². The zero-order chi connectivity index (χ0) is 23.5. The molecule has 1 unspecified atom stereocenters. The highest BCUT2D eigenvalue weighted by Gasteiger charge is 2.43. The summed E-state index contributed by atoms with van der Waals surface area (Å²) in [6, 6.07) is 6.49. The van der Waals surface area contributed by atoms with Crippen molar-refractivity contribution in [1.82, 2.24) is 20.1 Å². The smallest absolute Gasteiger partial charge is 0.243 e. The first-order valence-corrected chi connectivity index (χ1v) is 12.0. The number of carbonyl (C=O) groups is 2. The first-order valence-electron chi connectivity index (χ1n) is 11.1. The highest BCUT2D eigenvalue weighted by molar-refractivity contribution is 7.13. The molecule has 0 aliphatic carbocycles. The number of β-amino-alcohol motifs (C(OH)–C–C–N with tert-alkyl or cyclic N) is 1. The van der Waals surface area contributed by atoms with Crippen molar-refractivity contribution in [3.8, 4) is 10.4 Å². The molecule has 9 nitrogen and oxygen atoms in total. The molecular weight excluding hydrogens is 444 g/mol. The fourth-order valence-corrected chi connectivity index (χ4v) is 5.25. The van der Waals surface area contributed by atoms with Crippen LogP contribution in [-0.4, -0.2) is 87.5 Å². The summed E-state index contributed by atoms with van der Waals surface area (Å²) >= 11 is 1.59. The maximum absolute atomic E-state index is 13.2. The quantitative estimate of drug-likeness (QED) is 0.566. The van der Waals surface area contributed by atoms with Gasteiger partial charge in [0.25, 0.3) is 0 Å². The molecule has 0 radical (unpaired) electrons. The first-order chi connectivity index (χ1) is 15.8. The van der Waals surface area contributed by atoms with E-state index in [1.807, 2.05) is 36.7 Å². The molecule has 1 aromatic heterocycles. The molecule has 0 bridgehead atoms. The van der Waals surface area contributed by atoms with E-state index in [9.17, 15) is 19.8 Å². The van der Waals surface area contributed by atoms with E-state index in [0.717, 1.165) is 21.7 Å². The third-order valence-corrected chi connectivity index (χ3v) is 7.21. The SMILES string of the molecule is Cc1ncsc1-c1ccc(CNC(=O)[C@@H]2C[C@@H](O)CN2C(=O)[C@@H]2COCCN2C(C)O)cc1. The number of aromatic nitrogens is 1. The topological polar surface area (TPSA) is 115 Å². The molecule has 33 heavy (non-hydrogen) atoms. The van der Waals surface area contributed by atoms with Gasteiger partial charge >= 0.3 is 0 Å². The Morgan fingerprint density at radius 1 is 1.30 bits per heavy atom. The van der Waals surface area contributed by atoms with E-state index in [1.54, 1.807) is 23.2 Å². The zero-order valence-corrected chi connectivity index (χ0v) is 19.6. The molecule has 2 aromatic rings. The monoisotopic (exact) mass is 474 g/mol. The Morgan fingerprint density at radius 3 is 2.73 bits per heavy atom. The lowest BCUT2D eigenvalue weighted by Crippen LogP contribution is -2.59. The van der Waals surface area contributed by atoms with Crippen molar-refractivity contribution in [1.29, 1.82) is 0 Å². The second-order valence-corrected chi connectivity index (χ2v) is 9.39. The highest BCUT2D eigenvalue weighted by atomic mass is 32.1. The molecule has 10 heteroatoms. The molecule has 4 atom stereocenters.